The molecule has 0 saturated carbocycles. The lowest BCUT2D eigenvalue weighted by atomic mass is 10.1. The summed E-state index contributed by atoms with van der Waals surface area (Å²) in [7, 11) is 0. The van der Waals surface area contributed by atoms with Gasteiger partial charge < -0.3 is 20.7 Å². The van der Waals surface area contributed by atoms with Crippen molar-refractivity contribution in [2.45, 2.75) is 136 Å². The summed E-state index contributed by atoms with van der Waals surface area (Å²) < 4.78 is 5.10. The second-order valence-corrected chi connectivity index (χ2v) is 9.19. The Balaban J connectivity index is 3.90. The van der Waals surface area contributed by atoms with E-state index in [1.807, 2.05) is 0 Å². The molecule has 3 N–H and O–H groups in total. The predicted molar refractivity (Wildman–Crippen MR) is 140 cm³/mol. The van der Waals surface area contributed by atoms with Crippen LogP contribution in [-0.2, 0) is 14.3 Å². The highest BCUT2D eigenvalue weighted by Crippen LogP contribution is 2.10. The van der Waals surface area contributed by atoms with E-state index in [9.17, 15) is 14.4 Å². The molecule has 0 aromatic carbocycles. The van der Waals surface area contributed by atoms with Gasteiger partial charge in [0.15, 0.2) is 0 Å². The standard InChI is InChI=1S/C27H53N3O4/c1-4-7-9-11-12-13-14-15-16-21-25(31)28-22-19-17-20-24(26(32)34-6-3)30-27(33)29-23-18-10-8-5-2/h24H,4-23H2,1-3H3,(H,28,31)(H2,29,30,33)/t24-/m0/s1. The zero-order valence-electron chi connectivity index (χ0n) is 22.4. The maximum absolute atomic E-state index is 12.2. The minimum atomic E-state index is -0.659. The number of unbranched alkanes of at least 4 members (excludes halogenated alkanes) is 12. The first kappa shape index (κ1) is 32.2. The van der Waals surface area contributed by atoms with Gasteiger partial charge in [-0.25, -0.2) is 9.59 Å². The van der Waals surface area contributed by atoms with Crippen LogP contribution in [0.4, 0.5) is 4.79 Å². The first-order chi connectivity index (χ1) is 16.5. The maximum Gasteiger partial charge on any atom is 0.328 e. The molecule has 0 unspecified atom stereocenters. The zero-order valence-corrected chi connectivity index (χ0v) is 22.4. The number of amides is 3. The Morgan fingerprint density at radius 2 is 1.18 bits per heavy atom. The minimum Gasteiger partial charge on any atom is -0.464 e. The molecule has 200 valence electrons. The normalized spacial score (nSPS) is 11.6. The van der Waals surface area contributed by atoms with Crippen molar-refractivity contribution in [3.63, 3.8) is 0 Å². The van der Waals surface area contributed by atoms with Crippen LogP contribution in [0.1, 0.15) is 130 Å². The molecule has 0 aromatic rings. The number of hydrogen-bond donors (Lipinski definition) is 3. The van der Waals surface area contributed by atoms with Crippen molar-refractivity contribution in [1.82, 2.24) is 16.0 Å². The van der Waals surface area contributed by atoms with E-state index in [4.69, 9.17) is 4.74 Å². The molecular weight excluding hydrogens is 430 g/mol. The van der Waals surface area contributed by atoms with Crippen molar-refractivity contribution < 1.29 is 19.1 Å². The van der Waals surface area contributed by atoms with Gasteiger partial charge in [0.2, 0.25) is 5.91 Å². The molecule has 0 aliphatic heterocycles. The molecule has 0 rings (SSSR count). The minimum absolute atomic E-state index is 0.102. The van der Waals surface area contributed by atoms with E-state index in [0.29, 0.717) is 25.9 Å². The molecule has 7 nitrogen and oxygen atoms in total. The Labute approximate surface area is 208 Å². The zero-order chi connectivity index (χ0) is 25.3. The highest BCUT2D eigenvalue weighted by molar-refractivity contribution is 5.83. The van der Waals surface area contributed by atoms with Crippen LogP contribution in [0.2, 0.25) is 0 Å². The first-order valence-corrected chi connectivity index (χ1v) is 14.0. The van der Waals surface area contributed by atoms with Gasteiger partial charge in [0, 0.05) is 19.5 Å². The lowest BCUT2D eigenvalue weighted by Crippen LogP contribution is -2.47. The van der Waals surface area contributed by atoms with Crippen molar-refractivity contribution >= 4 is 17.9 Å². The molecule has 0 saturated heterocycles. The van der Waals surface area contributed by atoms with Gasteiger partial charge in [0.1, 0.15) is 6.04 Å². The van der Waals surface area contributed by atoms with Crippen LogP contribution in [0.15, 0.2) is 0 Å². The van der Waals surface area contributed by atoms with Crippen molar-refractivity contribution in [3.05, 3.63) is 0 Å². The SMILES string of the molecule is CCCCCCCCCCCC(=O)NCCCC[C@H](NC(=O)NCCCCCC)C(=O)OCC. The van der Waals surface area contributed by atoms with Gasteiger partial charge in [-0.05, 0) is 39.0 Å². The monoisotopic (exact) mass is 483 g/mol. The molecule has 0 bridgehead atoms. The van der Waals surface area contributed by atoms with E-state index in [1.54, 1.807) is 6.92 Å². The maximum atomic E-state index is 12.2. The number of carbonyl (C=O) groups is 3. The third-order valence-corrected chi connectivity index (χ3v) is 5.94. The Bertz CT molecular complexity index is 514. The van der Waals surface area contributed by atoms with Crippen LogP contribution in [0, 0.1) is 0 Å². The Morgan fingerprint density at radius 1 is 0.647 bits per heavy atom. The molecule has 0 aliphatic carbocycles. The Hall–Kier alpha value is -1.79. The largest absolute Gasteiger partial charge is 0.464 e. The smallest absolute Gasteiger partial charge is 0.328 e. The number of urea groups is 1. The number of ether oxygens (including phenoxy) is 1. The molecule has 7 heteroatoms. The topological polar surface area (TPSA) is 96.5 Å². The fourth-order valence-corrected chi connectivity index (χ4v) is 3.84. The third-order valence-electron chi connectivity index (χ3n) is 5.94. The van der Waals surface area contributed by atoms with Crippen molar-refractivity contribution in [2.75, 3.05) is 19.7 Å². The van der Waals surface area contributed by atoms with Crippen molar-refractivity contribution in [3.8, 4) is 0 Å². The van der Waals surface area contributed by atoms with Crippen molar-refractivity contribution in [2.24, 2.45) is 0 Å². The van der Waals surface area contributed by atoms with Gasteiger partial charge in [0.25, 0.3) is 0 Å². The summed E-state index contributed by atoms with van der Waals surface area (Å²) in [5, 5.41) is 8.52. The van der Waals surface area contributed by atoms with E-state index in [-0.39, 0.29) is 18.5 Å². The van der Waals surface area contributed by atoms with Crippen LogP contribution in [-0.4, -0.2) is 43.6 Å². The van der Waals surface area contributed by atoms with E-state index in [2.05, 4.69) is 29.8 Å². The number of hydrogen-bond acceptors (Lipinski definition) is 4. The molecule has 0 radical (unpaired) electrons. The highest BCUT2D eigenvalue weighted by atomic mass is 16.5. The lowest BCUT2D eigenvalue weighted by Gasteiger charge is -2.18. The molecule has 34 heavy (non-hydrogen) atoms. The lowest BCUT2D eigenvalue weighted by molar-refractivity contribution is -0.145. The summed E-state index contributed by atoms with van der Waals surface area (Å²) in [5.41, 5.74) is 0. The number of esters is 1. The first-order valence-electron chi connectivity index (χ1n) is 14.0. The van der Waals surface area contributed by atoms with E-state index >= 15 is 0 Å². The molecule has 3 amide bonds. The van der Waals surface area contributed by atoms with Crippen LogP contribution in [0.5, 0.6) is 0 Å². The van der Waals surface area contributed by atoms with E-state index in [1.165, 1.54) is 44.9 Å². The summed E-state index contributed by atoms with van der Waals surface area (Å²) in [4.78, 5) is 36.3. The molecule has 0 fully saturated rings. The van der Waals surface area contributed by atoms with Gasteiger partial charge in [-0.2, -0.15) is 0 Å². The molecule has 0 aromatic heterocycles. The van der Waals surface area contributed by atoms with Gasteiger partial charge in [0.05, 0.1) is 6.61 Å². The summed E-state index contributed by atoms with van der Waals surface area (Å²) in [5.74, 6) is -0.302. The molecule has 0 heterocycles. The average Bonchev–Trinajstić information content (AvgIpc) is 2.82. The number of nitrogens with one attached hydrogen (secondary N) is 3. The van der Waals surface area contributed by atoms with Gasteiger partial charge in [-0.1, -0.05) is 84.5 Å². The number of rotatable bonds is 23. The quantitative estimate of drug-likeness (QED) is 0.123. The van der Waals surface area contributed by atoms with Crippen LogP contribution in [0.3, 0.4) is 0 Å². The van der Waals surface area contributed by atoms with E-state index in [0.717, 1.165) is 51.4 Å². The summed E-state index contributed by atoms with van der Waals surface area (Å²) >= 11 is 0. The Kier molecular flexibility index (Phi) is 23.1. The number of carbonyl (C=O) groups excluding carboxylic acids is 3. The van der Waals surface area contributed by atoms with E-state index < -0.39 is 12.0 Å². The predicted octanol–water partition coefficient (Wildman–Crippen LogP) is 6.01. The fourth-order valence-electron chi connectivity index (χ4n) is 3.84. The van der Waals surface area contributed by atoms with Crippen LogP contribution < -0.4 is 16.0 Å². The van der Waals surface area contributed by atoms with Gasteiger partial charge in [-0.3, -0.25) is 4.79 Å². The molecular formula is C27H53N3O4. The average molecular weight is 484 g/mol. The van der Waals surface area contributed by atoms with Gasteiger partial charge >= 0.3 is 12.0 Å². The molecule has 0 aliphatic rings. The molecule has 0 spiro atoms. The third kappa shape index (κ3) is 20.8. The summed E-state index contributed by atoms with van der Waals surface area (Å²) in [6.45, 7) is 7.62. The Morgan fingerprint density at radius 3 is 1.79 bits per heavy atom. The van der Waals surface area contributed by atoms with Crippen LogP contribution in [0.25, 0.3) is 0 Å². The second kappa shape index (κ2) is 24.3. The summed E-state index contributed by atoms with van der Waals surface area (Å²) in [6.07, 6.45) is 18.1. The summed E-state index contributed by atoms with van der Waals surface area (Å²) in [6, 6.07) is -0.989. The molecule has 1 atom stereocenters. The van der Waals surface area contributed by atoms with Crippen molar-refractivity contribution in [1.29, 1.82) is 0 Å². The fraction of sp³-hybridized carbons (Fsp3) is 0.889. The highest BCUT2D eigenvalue weighted by Gasteiger charge is 2.21. The van der Waals surface area contributed by atoms with Gasteiger partial charge in [-0.15, -0.1) is 0 Å². The van der Waals surface area contributed by atoms with Crippen LogP contribution >= 0.6 is 0 Å². The second-order valence-electron chi connectivity index (χ2n) is 9.19.